The van der Waals surface area contributed by atoms with Gasteiger partial charge in [-0.15, -0.1) is 0 Å². The highest BCUT2D eigenvalue weighted by Gasteiger charge is 2.27. The molecule has 2 aliphatic rings. The lowest BCUT2D eigenvalue weighted by atomic mass is 10.0. The van der Waals surface area contributed by atoms with Gasteiger partial charge in [-0.25, -0.2) is 5.84 Å². The van der Waals surface area contributed by atoms with Gasteiger partial charge in [0.15, 0.2) is 0 Å². The Balaban J connectivity index is 0.000000668. The zero-order valence-electron chi connectivity index (χ0n) is 20.6. The second-order valence-corrected chi connectivity index (χ2v) is 8.46. The first-order valence-corrected chi connectivity index (χ1v) is 12.0. The van der Waals surface area contributed by atoms with Gasteiger partial charge in [-0.3, -0.25) is 31.5 Å². The van der Waals surface area contributed by atoms with Crippen LogP contribution in [0.1, 0.15) is 85.5 Å². The van der Waals surface area contributed by atoms with Crippen LogP contribution in [0.5, 0.6) is 0 Å². The molecule has 3 amide bonds. The van der Waals surface area contributed by atoms with E-state index in [1.165, 1.54) is 0 Å². The molecule has 10 nitrogen and oxygen atoms in total. The molecule has 2 aliphatic heterocycles. The van der Waals surface area contributed by atoms with Crippen LogP contribution in [0.4, 0.5) is 0 Å². The number of nitrogens with one attached hydrogen (secondary N) is 2. The van der Waals surface area contributed by atoms with Crippen LogP contribution in [-0.2, 0) is 14.4 Å². The molecule has 2 saturated heterocycles. The van der Waals surface area contributed by atoms with E-state index in [9.17, 15) is 14.4 Å². The third kappa shape index (κ3) is 11.2. The smallest absolute Gasteiger partial charge is 0.233 e. The summed E-state index contributed by atoms with van der Waals surface area (Å²) in [5.41, 5.74) is 2.13. The number of carbonyl (C=O) groups is 3. The molecule has 0 aliphatic carbocycles. The normalized spacial score (nSPS) is 18.3. The van der Waals surface area contributed by atoms with Crippen LogP contribution < -0.4 is 28.3 Å². The monoisotopic (exact) mass is 457 g/mol. The van der Waals surface area contributed by atoms with Crippen molar-refractivity contribution in [2.45, 2.75) is 104 Å². The molecule has 2 heterocycles. The average molecular weight is 458 g/mol. The number of amides is 3. The number of carbonyl (C=O) groups excluding carboxylic acids is 3. The number of rotatable bonds is 11. The molecule has 0 bridgehead atoms. The summed E-state index contributed by atoms with van der Waals surface area (Å²) in [7, 11) is 0. The Bertz CT molecular complexity index is 548. The van der Waals surface area contributed by atoms with Crippen molar-refractivity contribution in [3.8, 4) is 0 Å². The minimum atomic E-state index is -0.131. The maximum atomic E-state index is 11.8. The van der Waals surface area contributed by atoms with Gasteiger partial charge in [0.05, 0.1) is 0 Å². The number of hydrogen-bond acceptors (Lipinski definition) is 7. The van der Waals surface area contributed by atoms with Crippen molar-refractivity contribution >= 4 is 17.7 Å². The molecular formula is C22H47N7O3. The summed E-state index contributed by atoms with van der Waals surface area (Å²) in [6, 6.07) is 1.13. The van der Waals surface area contributed by atoms with Gasteiger partial charge in [-0.2, -0.15) is 0 Å². The lowest BCUT2D eigenvalue weighted by Gasteiger charge is -2.29. The van der Waals surface area contributed by atoms with Crippen LogP contribution in [0.3, 0.4) is 0 Å². The van der Waals surface area contributed by atoms with E-state index in [0.29, 0.717) is 42.8 Å². The highest BCUT2D eigenvalue weighted by molar-refractivity contribution is 5.78. The molecule has 3 atom stereocenters. The lowest BCUT2D eigenvalue weighted by Crippen LogP contribution is -2.41. The van der Waals surface area contributed by atoms with E-state index in [2.05, 4.69) is 50.1 Å². The Hall–Kier alpha value is -1.75. The molecule has 188 valence electrons. The van der Waals surface area contributed by atoms with E-state index in [0.717, 1.165) is 64.6 Å². The van der Waals surface area contributed by atoms with Crippen molar-refractivity contribution in [2.75, 3.05) is 19.6 Å². The van der Waals surface area contributed by atoms with E-state index in [1.807, 2.05) is 9.80 Å². The van der Waals surface area contributed by atoms with Crippen molar-refractivity contribution in [3.05, 3.63) is 0 Å². The zero-order valence-corrected chi connectivity index (χ0v) is 20.6. The summed E-state index contributed by atoms with van der Waals surface area (Å²) in [5.74, 6) is 13.5. The molecule has 0 aromatic carbocycles. The SMILES string of the molecule is CCC(C)N1CCCC1=O.CCC(CC(C)NCCCC(=O)NN)N1CCCC1=O.NN. The molecule has 2 fully saturated rings. The second kappa shape index (κ2) is 17.8. The second-order valence-electron chi connectivity index (χ2n) is 8.46. The van der Waals surface area contributed by atoms with Crippen molar-refractivity contribution in [1.82, 2.24) is 20.5 Å². The Morgan fingerprint density at radius 2 is 1.56 bits per heavy atom. The maximum Gasteiger partial charge on any atom is 0.233 e. The Morgan fingerprint density at radius 1 is 1.00 bits per heavy atom. The lowest BCUT2D eigenvalue weighted by molar-refractivity contribution is -0.130. The molecular weight excluding hydrogens is 410 g/mol. The van der Waals surface area contributed by atoms with Crippen LogP contribution in [0.15, 0.2) is 0 Å². The molecule has 0 radical (unpaired) electrons. The number of hydrazine groups is 2. The van der Waals surface area contributed by atoms with Gasteiger partial charge in [0.25, 0.3) is 0 Å². The summed E-state index contributed by atoms with van der Waals surface area (Å²) in [6.45, 7) is 11.2. The minimum absolute atomic E-state index is 0.131. The Kier molecular flexibility index (Phi) is 16.8. The molecule has 32 heavy (non-hydrogen) atoms. The number of nitrogens with zero attached hydrogens (tertiary/aromatic N) is 2. The standard InChI is InChI=1S/C14H28N4O2.C8H15NO.H4N2/c1-3-12(18-9-5-7-14(18)20)10-11(2)16-8-4-6-13(19)17-15;1-3-7(2)9-6-4-5-8(9)10;1-2/h11-12,16H,3-10,15H2,1-2H3,(H,17,19);7H,3-6H2,1-2H3;1-2H2. The third-order valence-electron chi connectivity index (χ3n) is 6.11. The largest absolute Gasteiger partial charge is 0.340 e. The Morgan fingerprint density at radius 3 is 2.00 bits per heavy atom. The third-order valence-corrected chi connectivity index (χ3v) is 6.11. The van der Waals surface area contributed by atoms with E-state index >= 15 is 0 Å². The highest BCUT2D eigenvalue weighted by Crippen LogP contribution is 2.19. The highest BCUT2D eigenvalue weighted by atomic mass is 16.2. The summed E-state index contributed by atoms with van der Waals surface area (Å²) < 4.78 is 0. The number of hydrogen-bond donors (Lipinski definition) is 5. The average Bonchev–Trinajstić information content (AvgIpc) is 3.44. The number of nitrogens with two attached hydrogens (primary N) is 3. The first-order chi connectivity index (χ1) is 15.3. The maximum absolute atomic E-state index is 11.8. The topological polar surface area (TPSA) is 160 Å². The molecule has 10 heteroatoms. The van der Waals surface area contributed by atoms with Gasteiger partial charge in [-0.05, 0) is 58.9 Å². The fourth-order valence-corrected chi connectivity index (χ4v) is 4.09. The summed E-state index contributed by atoms with van der Waals surface area (Å²) in [6.07, 6.45) is 7.76. The van der Waals surface area contributed by atoms with E-state index < -0.39 is 0 Å². The summed E-state index contributed by atoms with van der Waals surface area (Å²) >= 11 is 0. The fraction of sp³-hybridized carbons (Fsp3) is 0.864. The number of likely N-dealkylation sites (tertiary alicyclic amines) is 2. The molecule has 0 aromatic rings. The first kappa shape index (κ1) is 30.2. The predicted octanol–water partition coefficient (Wildman–Crippen LogP) is 0.752. The van der Waals surface area contributed by atoms with Crippen LogP contribution in [0.2, 0.25) is 0 Å². The van der Waals surface area contributed by atoms with Crippen LogP contribution in [0, 0.1) is 0 Å². The van der Waals surface area contributed by atoms with Crippen molar-refractivity contribution in [2.24, 2.45) is 17.5 Å². The van der Waals surface area contributed by atoms with E-state index in [4.69, 9.17) is 5.84 Å². The van der Waals surface area contributed by atoms with Gasteiger partial charge < -0.3 is 15.1 Å². The zero-order chi connectivity index (χ0) is 24.5. The molecule has 0 spiro atoms. The van der Waals surface area contributed by atoms with Crippen molar-refractivity contribution in [3.63, 3.8) is 0 Å². The Labute approximate surface area is 193 Å². The summed E-state index contributed by atoms with van der Waals surface area (Å²) in [5, 5.41) is 3.41. The summed E-state index contributed by atoms with van der Waals surface area (Å²) in [4.78, 5) is 37.9. The molecule has 8 N–H and O–H groups in total. The minimum Gasteiger partial charge on any atom is -0.340 e. The van der Waals surface area contributed by atoms with Crippen LogP contribution in [0.25, 0.3) is 0 Å². The molecule has 2 rings (SSSR count). The van der Waals surface area contributed by atoms with Gasteiger partial charge in [-0.1, -0.05) is 13.8 Å². The first-order valence-electron chi connectivity index (χ1n) is 12.0. The van der Waals surface area contributed by atoms with Gasteiger partial charge in [0.1, 0.15) is 0 Å². The van der Waals surface area contributed by atoms with Crippen molar-refractivity contribution < 1.29 is 14.4 Å². The van der Waals surface area contributed by atoms with Gasteiger partial charge >= 0.3 is 0 Å². The van der Waals surface area contributed by atoms with Crippen LogP contribution in [-0.4, -0.2) is 65.3 Å². The van der Waals surface area contributed by atoms with Gasteiger partial charge in [0, 0.05) is 50.5 Å². The van der Waals surface area contributed by atoms with E-state index in [-0.39, 0.29) is 5.91 Å². The predicted molar refractivity (Wildman–Crippen MR) is 128 cm³/mol. The van der Waals surface area contributed by atoms with E-state index in [1.54, 1.807) is 0 Å². The molecule has 0 saturated carbocycles. The van der Waals surface area contributed by atoms with Gasteiger partial charge in [0.2, 0.25) is 17.7 Å². The molecule has 0 aromatic heterocycles. The van der Waals surface area contributed by atoms with Crippen molar-refractivity contribution in [1.29, 1.82) is 0 Å². The molecule has 3 unspecified atom stereocenters. The van der Waals surface area contributed by atoms with Crippen LogP contribution >= 0.6 is 0 Å². The quantitative estimate of drug-likeness (QED) is 0.132. The fourth-order valence-electron chi connectivity index (χ4n) is 4.09.